The van der Waals surface area contributed by atoms with Crippen LogP contribution in [0.4, 0.5) is 19.0 Å². The summed E-state index contributed by atoms with van der Waals surface area (Å²) >= 11 is 0. The van der Waals surface area contributed by atoms with Gasteiger partial charge in [-0.2, -0.15) is 18.3 Å². The Hall–Kier alpha value is -3.14. The van der Waals surface area contributed by atoms with Crippen LogP contribution in [0.2, 0.25) is 0 Å². The van der Waals surface area contributed by atoms with Crippen molar-refractivity contribution >= 4 is 11.7 Å². The Balaban J connectivity index is 1.48. The van der Waals surface area contributed by atoms with Gasteiger partial charge in [0, 0.05) is 12.7 Å². The van der Waals surface area contributed by atoms with Gasteiger partial charge in [-0.3, -0.25) is 9.89 Å². The van der Waals surface area contributed by atoms with E-state index in [0.717, 1.165) is 25.0 Å². The number of alkyl halides is 3. The smallest absolute Gasteiger partial charge is 0.416 e. The molecule has 10 heteroatoms. The number of H-pyrrole nitrogens is 1. The van der Waals surface area contributed by atoms with Gasteiger partial charge in [-0.05, 0) is 30.5 Å². The van der Waals surface area contributed by atoms with Crippen molar-refractivity contribution in [2.45, 2.75) is 25.1 Å². The number of benzene rings is 1. The lowest BCUT2D eigenvalue weighted by Crippen LogP contribution is -2.15. The Kier molecular flexibility index (Phi) is 4.63. The molecule has 3 heterocycles. The van der Waals surface area contributed by atoms with Crippen molar-refractivity contribution in [3.05, 3.63) is 53.7 Å². The maximum Gasteiger partial charge on any atom is 0.416 e. The van der Waals surface area contributed by atoms with Crippen LogP contribution in [-0.4, -0.2) is 27.7 Å². The van der Waals surface area contributed by atoms with Crippen molar-refractivity contribution in [1.82, 2.24) is 15.2 Å². The van der Waals surface area contributed by atoms with Crippen LogP contribution in [0.1, 0.15) is 40.8 Å². The van der Waals surface area contributed by atoms with E-state index >= 15 is 0 Å². The number of hydrogen-bond acceptors (Lipinski definition) is 5. The summed E-state index contributed by atoms with van der Waals surface area (Å²) in [5.74, 6) is 0.0689. The Bertz CT molecular complexity index is 973. The van der Waals surface area contributed by atoms with Crippen molar-refractivity contribution in [2.75, 3.05) is 11.9 Å². The SMILES string of the molecule is O=C(Nc1cc(-c2ccc(C(F)(F)F)cc2)[nH]n1)c1ncoc1C1CCCO1. The lowest BCUT2D eigenvalue weighted by Gasteiger charge is -2.07. The number of amides is 1. The fraction of sp³-hybridized carbons (Fsp3) is 0.278. The van der Waals surface area contributed by atoms with E-state index in [9.17, 15) is 18.0 Å². The molecule has 1 fully saturated rings. The average molecular weight is 392 g/mol. The number of halogens is 3. The van der Waals surface area contributed by atoms with Crippen LogP contribution in [0.25, 0.3) is 11.3 Å². The van der Waals surface area contributed by atoms with Gasteiger partial charge in [-0.25, -0.2) is 4.98 Å². The monoisotopic (exact) mass is 392 g/mol. The van der Waals surface area contributed by atoms with E-state index in [0.29, 0.717) is 23.6 Å². The van der Waals surface area contributed by atoms with Crippen LogP contribution in [0, 0.1) is 0 Å². The molecule has 0 saturated carbocycles. The predicted molar refractivity (Wildman–Crippen MR) is 91.4 cm³/mol. The van der Waals surface area contributed by atoms with Gasteiger partial charge in [0.05, 0.1) is 11.3 Å². The van der Waals surface area contributed by atoms with Gasteiger partial charge in [0.1, 0.15) is 6.10 Å². The molecule has 1 atom stereocenters. The number of anilines is 1. The highest BCUT2D eigenvalue weighted by Crippen LogP contribution is 2.32. The number of nitrogens with zero attached hydrogens (tertiary/aromatic N) is 2. The second-order valence-electron chi connectivity index (χ2n) is 6.26. The highest BCUT2D eigenvalue weighted by molar-refractivity contribution is 6.03. The van der Waals surface area contributed by atoms with Crippen molar-refractivity contribution in [1.29, 1.82) is 0 Å². The van der Waals surface area contributed by atoms with Crippen LogP contribution in [-0.2, 0) is 10.9 Å². The summed E-state index contributed by atoms with van der Waals surface area (Å²) in [6.07, 6.45) is -1.89. The molecule has 1 amide bonds. The zero-order valence-electron chi connectivity index (χ0n) is 14.4. The molecule has 0 aliphatic carbocycles. The first-order valence-corrected chi connectivity index (χ1v) is 8.51. The van der Waals surface area contributed by atoms with E-state index in [1.54, 1.807) is 0 Å². The van der Waals surface area contributed by atoms with Crippen molar-refractivity contribution < 1.29 is 27.1 Å². The number of rotatable bonds is 4. The summed E-state index contributed by atoms with van der Waals surface area (Å²) in [6.45, 7) is 0.599. The topological polar surface area (TPSA) is 93.0 Å². The minimum Gasteiger partial charge on any atom is -0.445 e. The highest BCUT2D eigenvalue weighted by Gasteiger charge is 2.30. The van der Waals surface area contributed by atoms with Gasteiger partial charge < -0.3 is 14.5 Å². The molecule has 1 saturated heterocycles. The second-order valence-corrected chi connectivity index (χ2v) is 6.26. The van der Waals surface area contributed by atoms with Gasteiger partial charge >= 0.3 is 6.18 Å². The molecule has 28 heavy (non-hydrogen) atoms. The molecule has 0 radical (unpaired) electrons. The Morgan fingerprint density at radius 2 is 2.04 bits per heavy atom. The number of carbonyl (C=O) groups is 1. The largest absolute Gasteiger partial charge is 0.445 e. The predicted octanol–water partition coefficient (Wildman–Crippen LogP) is 4.19. The van der Waals surface area contributed by atoms with E-state index in [2.05, 4.69) is 20.5 Å². The lowest BCUT2D eigenvalue weighted by molar-refractivity contribution is -0.137. The zero-order chi connectivity index (χ0) is 19.7. The van der Waals surface area contributed by atoms with Crippen molar-refractivity contribution in [3.8, 4) is 11.3 Å². The minimum atomic E-state index is -4.40. The lowest BCUT2D eigenvalue weighted by atomic mass is 10.1. The molecular weight excluding hydrogens is 377 g/mol. The van der Waals surface area contributed by atoms with E-state index in [1.165, 1.54) is 24.6 Å². The summed E-state index contributed by atoms with van der Waals surface area (Å²) < 4.78 is 48.8. The molecule has 146 valence electrons. The van der Waals surface area contributed by atoms with Crippen LogP contribution in [0.5, 0.6) is 0 Å². The maximum atomic E-state index is 12.7. The molecule has 3 aromatic rings. The number of carbonyl (C=O) groups excluding carboxylic acids is 1. The molecule has 0 bridgehead atoms. The maximum absolute atomic E-state index is 12.7. The van der Waals surface area contributed by atoms with Gasteiger partial charge in [0.25, 0.3) is 5.91 Å². The quantitative estimate of drug-likeness (QED) is 0.695. The zero-order valence-corrected chi connectivity index (χ0v) is 14.4. The number of nitrogens with one attached hydrogen (secondary N) is 2. The van der Waals surface area contributed by atoms with E-state index < -0.39 is 17.6 Å². The molecule has 2 N–H and O–H groups in total. The summed E-state index contributed by atoms with van der Waals surface area (Å²) in [4.78, 5) is 16.4. The molecule has 1 aliphatic heterocycles. The summed E-state index contributed by atoms with van der Waals surface area (Å²) in [6, 6.07) is 6.14. The number of hydrogen-bond donors (Lipinski definition) is 2. The van der Waals surface area contributed by atoms with E-state index in [4.69, 9.17) is 9.15 Å². The van der Waals surface area contributed by atoms with Crippen LogP contribution in [0.15, 0.2) is 41.1 Å². The summed E-state index contributed by atoms with van der Waals surface area (Å²) in [7, 11) is 0. The first-order chi connectivity index (χ1) is 13.4. The molecular formula is C18H15F3N4O3. The second kappa shape index (κ2) is 7.12. The standard InChI is InChI=1S/C18H15F3N4O3/c19-18(20,21)11-5-3-10(4-6-11)12-8-14(25-24-12)23-17(26)15-16(28-9-22-15)13-2-1-7-27-13/h3-6,8-9,13H,1-2,7H2,(H2,23,24,25,26). The van der Waals surface area contributed by atoms with Crippen LogP contribution in [0.3, 0.4) is 0 Å². The van der Waals surface area contributed by atoms with Gasteiger partial charge in [-0.15, -0.1) is 0 Å². The number of ether oxygens (including phenoxy) is 1. The Labute approximate surface area is 156 Å². The average Bonchev–Trinajstić information content (AvgIpc) is 3.41. The van der Waals surface area contributed by atoms with Crippen LogP contribution >= 0.6 is 0 Å². The van der Waals surface area contributed by atoms with Crippen molar-refractivity contribution in [3.63, 3.8) is 0 Å². The molecule has 2 aromatic heterocycles. The van der Waals surface area contributed by atoms with Crippen molar-refractivity contribution in [2.24, 2.45) is 0 Å². The normalized spacial score (nSPS) is 17.0. The molecule has 0 spiro atoms. The third-order valence-corrected chi connectivity index (χ3v) is 4.37. The molecule has 7 nitrogen and oxygen atoms in total. The number of aromatic amines is 1. The molecule has 1 aliphatic rings. The summed E-state index contributed by atoms with van der Waals surface area (Å²) in [5, 5.41) is 9.25. The van der Waals surface area contributed by atoms with Crippen LogP contribution < -0.4 is 5.32 Å². The molecule has 1 aromatic carbocycles. The highest BCUT2D eigenvalue weighted by atomic mass is 19.4. The fourth-order valence-corrected chi connectivity index (χ4v) is 2.99. The first kappa shape index (κ1) is 18.2. The third-order valence-electron chi connectivity index (χ3n) is 4.37. The minimum absolute atomic E-state index is 0.117. The third kappa shape index (κ3) is 3.63. The molecule has 4 rings (SSSR count). The van der Waals surface area contributed by atoms with Gasteiger partial charge in [0.15, 0.2) is 23.7 Å². The Morgan fingerprint density at radius 3 is 2.71 bits per heavy atom. The van der Waals surface area contributed by atoms with E-state index in [1.807, 2.05) is 0 Å². The Morgan fingerprint density at radius 1 is 1.25 bits per heavy atom. The fourth-order valence-electron chi connectivity index (χ4n) is 2.99. The van der Waals surface area contributed by atoms with Gasteiger partial charge in [0.2, 0.25) is 0 Å². The van der Waals surface area contributed by atoms with E-state index in [-0.39, 0.29) is 17.6 Å². The number of oxazole rings is 1. The summed E-state index contributed by atoms with van der Waals surface area (Å²) in [5.41, 5.74) is 0.342. The number of aromatic nitrogens is 3. The molecule has 1 unspecified atom stereocenters. The first-order valence-electron chi connectivity index (χ1n) is 8.51. The van der Waals surface area contributed by atoms with Gasteiger partial charge in [-0.1, -0.05) is 12.1 Å².